The van der Waals surface area contributed by atoms with Gasteiger partial charge in [0.15, 0.2) is 0 Å². The van der Waals surface area contributed by atoms with E-state index in [1.807, 2.05) is 0 Å². The maximum Gasteiger partial charge on any atom is 0.0198 e. The Morgan fingerprint density at radius 3 is 2.57 bits per heavy atom. The van der Waals surface area contributed by atoms with E-state index in [9.17, 15) is 0 Å². The Labute approximate surface area is 145 Å². The number of benzene rings is 2. The molecule has 0 amide bonds. The Kier molecular flexibility index (Phi) is 4.12. The maximum absolute atomic E-state index is 5.62. The van der Waals surface area contributed by atoms with E-state index in [2.05, 4.69) is 62.4 Å². The molecular weight excluding hydrogens is 302 g/mol. The lowest BCUT2D eigenvalue weighted by molar-refractivity contribution is 0.586. The molecule has 23 heavy (non-hydrogen) atoms. The van der Waals surface area contributed by atoms with Gasteiger partial charge in [-0.2, -0.15) is 0 Å². The molecule has 0 fully saturated rings. The molecule has 2 atom stereocenters. The predicted octanol–water partition coefficient (Wildman–Crippen LogP) is 4.93. The van der Waals surface area contributed by atoms with Crippen LogP contribution >= 0.6 is 12.4 Å². The summed E-state index contributed by atoms with van der Waals surface area (Å²) in [6.45, 7) is 5.41. The van der Waals surface area contributed by atoms with Gasteiger partial charge in [-0.1, -0.05) is 55.5 Å². The molecule has 2 aromatic rings. The molecule has 0 spiro atoms. The number of halogens is 1. The molecule has 1 nitrogen and oxygen atoms in total. The van der Waals surface area contributed by atoms with Crippen LogP contribution in [-0.2, 0) is 5.41 Å². The zero-order valence-electron chi connectivity index (χ0n) is 13.8. The van der Waals surface area contributed by atoms with Crippen molar-refractivity contribution < 1.29 is 0 Å². The van der Waals surface area contributed by atoms with Gasteiger partial charge in [-0.25, -0.2) is 0 Å². The molecule has 2 aliphatic carbocycles. The monoisotopic (exact) mass is 325 g/mol. The summed E-state index contributed by atoms with van der Waals surface area (Å²) in [5, 5.41) is 0. The topological polar surface area (TPSA) is 26.0 Å². The molecule has 2 aromatic carbocycles. The summed E-state index contributed by atoms with van der Waals surface area (Å²) < 4.78 is 0. The third-order valence-electron chi connectivity index (χ3n) is 5.53. The normalized spacial score (nSPS) is 23.7. The van der Waals surface area contributed by atoms with E-state index < -0.39 is 0 Å². The molecule has 0 radical (unpaired) electrons. The minimum absolute atomic E-state index is 0. The van der Waals surface area contributed by atoms with E-state index in [-0.39, 0.29) is 17.8 Å². The summed E-state index contributed by atoms with van der Waals surface area (Å²) in [5.41, 5.74) is 14.8. The van der Waals surface area contributed by atoms with Crippen LogP contribution in [-0.4, -0.2) is 6.54 Å². The van der Waals surface area contributed by atoms with Gasteiger partial charge in [-0.05, 0) is 59.7 Å². The largest absolute Gasteiger partial charge is 0.330 e. The minimum Gasteiger partial charge on any atom is -0.330 e. The van der Waals surface area contributed by atoms with Gasteiger partial charge in [-0.15, -0.1) is 12.4 Å². The van der Waals surface area contributed by atoms with Crippen molar-refractivity contribution >= 4 is 18.5 Å². The van der Waals surface area contributed by atoms with Crippen molar-refractivity contribution in [1.82, 2.24) is 0 Å². The van der Waals surface area contributed by atoms with E-state index in [0.29, 0.717) is 12.5 Å². The third-order valence-corrected chi connectivity index (χ3v) is 5.53. The first-order valence-corrected chi connectivity index (χ1v) is 8.27. The highest BCUT2D eigenvalue weighted by Crippen LogP contribution is 2.61. The summed E-state index contributed by atoms with van der Waals surface area (Å²) in [4.78, 5) is 0. The molecule has 0 saturated heterocycles. The first-order valence-electron chi connectivity index (χ1n) is 8.27. The van der Waals surface area contributed by atoms with E-state index in [4.69, 9.17) is 5.73 Å². The van der Waals surface area contributed by atoms with Crippen LogP contribution < -0.4 is 5.73 Å². The summed E-state index contributed by atoms with van der Waals surface area (Å²) in [6, 6.07) is 13.6. The molecule has 0 saturated carbocycles. The second-order valence-corrected chi connectivity index (χ2v) is 6.92. The van der Waals surface area contributed by atoms with E-state index in [1.165, 1.54) is 23.1 Å². The predicted molar refractivity (Wildman–Crippen MR) is 100 cm³/mol. The smallest absolute Gasteiger partial charge is 0.0198 e. The Balaban J connectivity index is 0.00000156. The fourth-order valence-corrected chi connectivity index (χ4v) is 4.82. The fourth-order valence-electron chi connectivity index (χ4n) is 4.82. The molecule has 2 heteroatoms. The Hall–Kier alpha value is -1.57. The number of fused-ring (bicyclic) bond motifs is 8. The van der Waals surface area contributed by atoms with Gasteiger partial charge in [0.2, 0.25) is 0 Å². The van der Waals surface area contributed by atoms with Crippen LogP contribution in [0.5, 0.6) is 0 Å². The first-order chi connectivity index (χ1) is 10.7. The van der Waals surface area contributed by atoms with Crippen molar-refractivity contribution in [3.8, 4) is 0 Å². The van der Waals surface area contributed by atoms with Crippen molar-refractivity contribution in [2.75, 3.05) is 6.54 Å². The molecule has 2 aliphatic rings. The SMILES string of the molecule is Cc1cccc2c1C1(C)CC2c2cccc(C=CCCN)c21.Cl. The lowest BCUT2D eigenvalue weighted by atomic mass is 9.73. The van der Waals surface area contributed by atoms with Crippen LogP contribution in [0, 0.1) is 6.92 Å². The number of hydrogen-bond donors (Lipinski definition) is 1. The lowest BCUT2D eigenvalue weighted by Gasteiger charge is -2.30. The van der Waals surface area contributed by atoms with E-state index in [0.717, 1.165) is 6.42 Å². The van der Waals surface area contributed by atoms with Crippen LogP contribution in [0.25, 0.3) is 6.08 Å². The maximum atomic E-state index is 5.62. The molecule has 0 heterocycles. The van der Waals surface area contributed by atoms with Crippen LogP contribution in [0.2, 0.25) is 0 Å². The molecule has 0 aromatic heterocycles. The summed E-state index contributed by atoms with van der Waals surface area (Å²) in [6.07, 6.45) is 6.66. The van der Waals surface area contributed by atoms with Gasteiger partial charge >= 0.3 is 0 Å². The van der Waals surface area contributed by atoms with Crippen molar-refractivity contribution in [2.24, 2.45) is 5.73 Å². The Morgan fingerprint density at radius 1 is 1.13 bits per heavy atom. The molecule has 4 rings (SSSR count). The van der Waals surface area contributed by atoms with E-state index >= 15 is 0 Å². The van der Waals surface area contributed by atoms with Crippen LogP contribution in [0.4, 0.5) is 0 Å². The molecule has 120 valence electrons. The molecule has 2 bridgehead atoms. The Morgan fingerprint density at radius 2 is 1.83 bits per heavy atom. The highest BCUT2D eigenvalue weighted by molar-refractivity contribution is 5.85. The van der Waals surface area contributed by atoms with Gasteiger partial charge in [-0.3, -0.25) is 0 Å². The quantitative estimate of drug-likeness (QED) is 0.850. The van der Waals surface area contributed by atoms with Crippen molar-refractivity contribution in [1.29, 1.82) is 0 Å². The lowest BCUT2D eigenvalue weighted by Crippen LogP contribution is -2.22. The van der Waals surface area contributed by atoms with Gasteiger partial charge in [0.25, 0.3) is 0 Å². The summed E-state index contributed by atoms with van der Waals surface area (Å²) >= 11 is 0. The second-order valence-electron chi connectivity index (χ2n) is 6.92. The van der Waals surface area contributed by atoms with Crippen molar-refractivity contribution in [2.45, 2.75) is 38.0 Å². The average molecular weight is 326 g/mol. The van der Waals surface area contributed by atoms with Gasteiger partial charge in [0.05, 0.1) is 0 Å². The molecule has 0 aliphatic heterocycles. The zero-order valence-corrected chi connectivity index (χ0v) is 14.6. The van der Waals surface area contributed by atoms with Crippen molar-refractivity contribution in [3.63, 3.8) is 0 Å². The highest BCUT2D eigenvalue weighted by Gasteiger charge is 2.51. The molecule has 2 unspecified atom stereocenters. The van der Waals surface area contributed by atoms with Gasteiger partial charge in [0, 0.05) is 11.3 Å². The first kappa shape index (κ1) is 16.3. The second kappa shape index (κ2) is 5.81. The molecular formula is C21H24ClN. The van der Waals surface area contributed by atoms with Gasteiger partial charge < -0.3 is 5.73 Å². The summed E-state index contributed by atoms with van der Waals surface area (Å²) in [5.74, 6) is 0.581. The number of aryl methyl sites for hydroxylation is 1. The fraction of sp³-hybridized carbons (Fsp3) is 0.333. The highest BCUT2D eigenvalue weighted by atomic mass is 35.5. The van der Waals surface area contributed by atoms with Crippen LogP contribution in [0.3, 0.4) is 0 Å². The number of hydrogen-bond acceptors (Lipinski definition) is 1. The summed E-state index contributed by atoms with van der Waals surface area (Å²) in [7, 11) is 0. The van der Waals surface area contributed by atoms with E-state index in [1.54, 1.807) is 16.7 Å². The number of nitrogens with two attached hydrogens (primary N) is 1. The zero-order chi connectivity index (χ0) is 15.3. The number of rotatable bonds is 3. The average Bonchev–Trinajstić information content (AvgIpc) is 2.98. The molecule has 2 N–H and O–H groups in total. The van der Waals surface area contributed by atoms with Crippen molar-refractivity contribution in [3.05, 3.63) is 75.9 Å². The van der Waals surface area contributed by atoms with Crippen LogP contribution in [0.1, 0.15) is 59.1 Å². The Bertz CT molecular complexity index is 777. The van der Waals surface area contributed by atoms with Crippen LogP contribution in [0.15, 0.2) is 42.5 Å². The third kappa shape index (κ3) is 2.18. The van der Waals surface area contributed by atoms with Gasteiger partial charge in [0.1, 0.15) is 0 Å². The minimum atomic E-state index is 0. The standard InChI is InChI=1S/C21H23N.ClH/c1-14-7-5-10-16-18-13-21(2,19(14)16)20-15(8-3-4-12-22)9-6-11-17(18)20;/h3,5-11,18H,4,12-13,22H2,1-2H3;1H.